The van der Waals surface area contributed by atoms with E-state index in [9.17, 15) is 39.6 Å². The van der Waals surface area contributed by atoms with Gasteiger partial charge in [-0.25, -0.2) is 19.2 Å². The van der Waals surface area contributed by atoms with Crippen LogP contribution in [0.1, 0.15) is 41.4 Å². The van der Waals surface area contributed by atoms with Crippen molar-refractivity contribution >= 4 is 98.8 Å². The maximum atomic E-state index is 12.5. The van der Waals surface area contributed by atoms with Crippen LogP contribution in [0.4, 0.5) is 0 Å². The smallest absolute Gasteiger partial charge is 0.337 e. The van der Waals surface area contributed by atoms with Crippen LogP contribution in [-0.4, -0.2) is 44.3 Å². The molecule has 0 aromatic heterocycles. The van der Waals surface area contributed by atoms with E-state index >= 15 is 0 Å². The van der Waals surface area contributed by atoms with Crippen molar-refractivity contribution in [1.82, 2.24) is 0 Å². The molecule has 0 aliphatic carbocycles. The third-order valence-corrected chi connectivity index (χ3v) is 8.05. The molecule has 8 nitrogen and oxygen atoms in total. The van der Waals surface area contributed by atoms with Crippen molar-refractivity contribution in [1.29, 1.82) is 0 Å². The molecule has 5 rings (SSSR count). The molecule has 0 saturated heterocycles. The van der Waals surface area contributed by atoms with E-state index < -0.39 is 46.1 Å². The molecular formula is C24H10Br2O8. The molecule has 0 heterocycles. The lowest BCUT2D eigenvalue weighted by Gasteiger charge is -2.22. The molecule has 0 unspecified atom stereocenters. The van der Waals surface area contributed by atoms with Crippen molar-refractivity contribution in [2.45, 2.75) is 0 Å². The summed E-state index contributed by atoms with van der Waals surface area (Å²) in [6, 6.07) is 10.4. The Hall–Kier alpha value is -3.76. The van der Waals surface area contributed by atoms with Gasteiger partial charge in [0.15, 0.2) is 0 Å². The number of carboxylic acid groups (broad SMARTS) is 4. The first-order valence-corrected chi connectivity index (χ1v) is 11.2. The molecule has 0 amide bonds. The van der Waals surface area contributed by atoms with Gasteiger partial charge in [0.05, 0.1) is 22.3 Å². The first kappa shape index (κ1) is 22.1. The third kappa shape index (κ3) is 2.69. The number of hydrogen-bond acceptors (Lipinski definition) is 4. The molecule has 0 radical (unpaired) electrons. The molecule has 0 atom stereocenters. The Morgan fingerprint density at radius 3 is 1.47 bits per heavy atom. The Labute approximate surface area is 205 Å². The van der Waals surface area contributed by atoms with Crippen molar-refractivity contribution in [2.24, 2.45) is 0 Å². The van der Waals surface area contributed by atoms with Crippen LogP contribution >= 0.6 is 31.9 Å². The molecule has 5 aromatic rings. The van der Waals surface area contributed by atoms with Gasteiger partial charge in [0, 0.05) is 30.5 Å². The quantitative estimate of drug-likeness (QED) is 0.147. The van der Waals surface area contributed by atoms with Gasteiger partial charge < -0.3 is 20.4 Å². The highest BCUT2D eigenvalue weighted by atomic mass is 79.9. The zero-order chi connectivity index (χ0) is 24.6. The van der Waals surface area contributed by atoms with E-state index in [-0.39, 0.29) is 25.1 Å². The topological polar surface area (TPSA) is 149 Å². The van der Waals surface area contributed by atoms with Crippen molar-refractivity contribution in [2.75, 3.05) is 0 Å². The minimum atomic E-state index is -1.80. The van der Waals surface area contributed by atoms with Crippen LogP contribution < -0.4 is 0 Å². The summed E-state index contributed by atoms with van der Waals surface area (Å²) in [5.41, 5.74) is -3.09. The fraction of sp³-hybridized carbons (Fsp3) is 0. The molecule has 168 valence electrons. The average Bonchev–Trinajstić information content (AvgIpc) is 2.77. The number of carboxylic acids is 4. The minimum Gasteiger partial charge on any atom is -0.478 e. The monoisotopic (exact) mass is 584 g/mol. The van der Waals surface area contributed by atoms with E-state index in [0.29, 0.717) is 21.5 Å². The number of aromatic carboxylic acids is 4. The predicted octanol–water partition coefficient (Wildman–Crippen LogP) is 6.06. The Morgan fingerprint density at radius 1 is 0.500 bits per heavy atom. The molecule has 0 aliphatic heterocycles. The lowest BCUT2D eigenvalue weighted by Crippen LogP contribution is -2.18. The van der Waals surface area contributed by atoms with Gasteiger partial charge in [-0.15, -0.1) is 0 Å². The lowest BCUT2D eigenvalue weighted by molar-refractivity contribution is 0.0635. The molecule has 0 saturated carbocycles. The van der Waals surface area contributed by atoms with Gasteiger partial charge >= 0.3 is 23.9 Å². The van der Waals surface area contributed by atoms with Crippen molar-refractivity contribution in [3.8, 4) is 0 Å². The van der Waals surface area contributed by atoms with Crippen molar-refractivity contribution < 1.29 is 39.6 Å². The van der Waals surface area contributed by atoms with Gasteiger partial charge in [0.25, 0.3) is 0 Å². The van der Waals surface area contributed by atoms with Gasteiger partial charge in [-0.1, -0.05) is 36.4 Å². The summed E-state index contributed by atoms with van der Waals surface area (Å²) in [5, 5.41) is 42.5. The molecule has 10 heteroatoms. The van der Waals surface area contributed by atoms with Crippen LogP contribution in [0.2, 0.25) is 0 Å². The highest BCUT2D eigenvalue weighted by Crippen LogP contribution is 2.50. The highest BCUT2D eigenvalue weighted by Gasteiger charge is 2.35. The van der Waals surface area contributed by atoms with Crippen LogP contribution in [0.3, 0.4) is 0 Å². The Morgan fingerprint density at radius 2 is 0.971 bits per heavy atom. The van der Waals surface area contributed by atoms with Crippen LogP contribution in [0.5, 0.6) is 0 Å². The number of benzene rings is 5. The zero-order valence-electron chi connectivity index (χ0n) is 16.6. The largest absolute Gasteiger partial charge is 0.478 e. The van der Waals surface area contributed by atoms with Gasteiger partial charge in [-0.2, -0.15) is 0 Å². The Bertz CT molecular complexity index is 1780. The summed E-state index contributed by atoms with van der Waals surface area (Å²) in [7, 11) is 0. The summed E-state index contributed by atoms with van der Waals surface area (Å²) in [5.74, 6) is -6.71. The molecule has 0 bridgehead atoms. The maximum absolute atomic E-state index is 12.5. The summed E-state index contributed by atoms with van der Waals surface area (Å²) in [6.07, 6.45) is 0. The number of carbonyl (C=O) groups is 4. The average molecular weight is 586 g/mol. The fourth-order valence-corrected chi connectivity index (χ4v) is 5.99. The lowest BCUT2D eigenvalue weighted by atomic mass is 9.81. The van der Waals surface area contributed by atoms with E-state index in [1.165, 1.54) is 0 Å². The second kappa shape index (κ2) is 7.37. The summed E-state index contributed by atoms with van der Waals surface area (Å²) < 4.78 is 0.281. The Kier molecular flexibility index (Phi) is 4.78. The van der Waals surface area contributed by atoms with E-state index in [1.54, 1.807) is 24.3 Å². The number of rotatable bonds is 4. The van der Waals surface area contributed by atoms with Crippen LogP contribution in [-0.2, 0) is 0 Å². The third-order valence-electron chi connectivity index (χ3n) is 5.93. The van der Waals surface area contributed by atoms with Crippen LogP contribution in [0.15, 0.2) is 45.3 Å². The summed E-state index contributed by atoms with van der Waals surface area (Å²) in [6.45, 7) is 0. The molecule has 34 heavy (non-hydrogen) atoms. The van der Waals surface area contributed by atoms with Crippen LogP contribution in [0.25, 0.3) is 43.1 Å². The molecule has 0 spiro atoms. The Balaban J connectivity index is 2.40. The van der Waals surface area contributed by atoms with Gasteiger partial charge in [0.2, 0.25) is 0 Å². The fourth-order valence-electron chi connectivity index (χ4n) is 4.81. The SMILES string of the molecule is O=C(O)c1c(C(=O)O)c2c(C(=O)O)c(Br)c(Br)c3c4cccc5cccc(c(c1C(=O)O)c23)c54. The van der Waals surface area contributed by atoms with Crippen LogP contribution in [0, 0.1) is 0 Å². The molecule has 0 fully saturated rings. The second-order valence-corrected chi connectivity index (χ2v) is 9.14. The van der Waals surface area contributed by atoms with Crippen molar-refractivity contribution in [3.05, 3.63) is 67.6 Å². The zero-order valence-corrected chi connectivity index (χ0v) is 19.8. The number of halogens is 2. The number of fused-ring (bicyclic) bond motifs is 2. The standard InChI is InChI=1S/C24H10Br2O8/c25-19-12-9-6-2-4-7-3-1-5-8(10(7)9)11-13(12)14(18(20(19)26)24(33)34)16(22(29)30)17(23(31)32)15(11)21(27)28/h1-6H,(H,27,28)(H,29,30)(H,31,32)(H,33,34). The first-order chi connectivity index (χ1) is 16.1. The van der Waals surface area contributed by atoms with Gasteiger partial charge in [-0.3, -0.25) is 0 Å². The molecule has 5 aromatic carbocycles. The number of hydrogen-bond donors (Lipinski definition) is 4. The van der Waals surface area contributed by atoms with E-state index in [2.05, 4.69) is 31.9 Å². The van der Waals surface area contributed by atoms with E-state index in [1.807, 2.05) is 12.1 Å². The summed E-state index contributed by atoms with van der Waals surface area (Å²) in [4.78, 5) is 49.5. The van der Waals surface area contributed by atoms with Gasteiger partial charge in [-0.05, 0) is 53.4 Å². The van der Waals surface area contributed by atoms with Crippen molar-refractivity contribution in [3.63, 3.8) is 0 Å². The summed E-state index contributed by atoms with van der Waals surface area (Å²) >= 11 is 6.65. The first-order valence-electron chi connectivity index (χ1n) is 9.58. The highest BCUT2D eigenvalue weighted by molar-refractivity contribution is 9.13. The molecular weight excluding hydrogens is 576 g/mol. The maximum Gasteiger partial charge on any atom is 0.337 e. The van der Waals surface area contributed by atoms with Gasteiger partial charge in [0.1, 0.15) is 0 Å². The normalized spacial score (nSPS) is 11.6. The molecule has 4 N–H and O–H groups in total. The van der Waals surface area contributed by atoms with E-state index in [0.717, 1.165) is 5.39 Å². The van der Waals surface area contributed by atoms with E-state index in [4.69, 9.17) is 0 Å². The minimum absolute atomic E-state index is 0.00625. The molecule has 0 aliphatic rings. The second-order valence-electron chi connectivity index (χ2n) is 7.56. The predicted molar refractivity (Wildman–Crippen MR) is 131 cm³/mol.